The fourth-order valence-electron chi connectivity index (χ4n) is 1.65. The average Bonchev–Trinajstić information content (AvgIpc) is 2.76. The lowest BCUT2D eigenvalue weighted by Crippen LogP contribution is -2.39. The summed E-state index contributed by atoms with van der Waals surface area (Å²) in [7, 11) is 0. The molecule has 0 spiro atoms. The topological polar surface area (TPSA) is 68.0 Å². The summed E-state index contributed by atoms with van der Waals surface area (Å²) in [6.07, 6.45) is 0. The zero-order valence-electron chi connectivity index (χ0n) is 11.4. The van der Waals surface area contributed by atoms with Gasteiger partial charge in [0.25, 0.3) is 0 Å². The standard InChI is InChI=1S/C13H16FN3OS.ClH/c1-6(2)10(15)12(18)17-13-16-11-7(3)8(14)4-5-9(11)19-13;/h4-6,10H,15H2,1-3H3,(H,16,17,18);1H/t10-;/m0./s1. The number of aryl methyl sites for hydroxylation is 1. The van der Waals surface area contributed by atoms with Crippen molar-refractivity contribution in [2.45, 2.75) is 26.8 Å². The SMILES string of the molecule is Cc1c(F)ccc2sc(NC(=O)[C@@H](N)C(C)C)nc12.Cl. The van der Waals surface area contributed by atoms with Crippen molar-refractivity contribution in [2.24, 2.45) is 11.7 Å². The molecule has 4 nitrogen and oxygen atoms in total. The molecule has 1 amide bonds. The maximum atomic E-state index is 13.4. The molecule has 0 aliphatic rings. The van der Waals surface area contributed by atoms with E-state index < -0.39 is 6.04 Å². The predicted octanol–water partition coefficient (Wildman–Crippen LogP) is 3.09. The quantitative estimate of drug-likeness (QED) is 0.914. The minimum Gasteiger partial charge on any atom is -0.320 e. The Kier molecular flexibility index (Phi) is 5.44. The molecule has 1 atom stereocenters. The number of nitrogens with zero attached hydrogens (tertiary/aromatic N) is 1. The van der Waals surface area contributed by atoms with E-state index in [2.05, 4.69) is 10.3 Å². The van der Waals surface area contributed by atoms with Crippen LogP contribution in [0.5, 0.6) is 0 Å². The van der Waals surface area contributed by atoms with E-state index in [4.69, 9.17) is 5.73 Å². The van der Waals surface area contributed by atoms with Crippen LogP contribution in [0.4, 0.5) is 9.52 Å². The Bertz CT molecular complexity index is 629. The summed E-state index contributed by atoms with van der Waals surface area (Å²) in [5.74, 6) is -0.518. The number of fused-ring (bicyclic) bond motifs is 1. The maximum Gasteiger partial charge on any atom is 0.243 e. The second-order valence-corrected chi connectivity index (χ2v) is 5.83. The van der Waals surface area contributed by atoms with E-state index in [-0.39, 0.29) is 30.0 Å². The normalized spacial score (nSPS) is 12.3. The van der Waals surface area contributed by atoms with E-state index in [0.29, 0.717) is 16.2 Å². The van der Waals surface area contributed by atoms with Gasteiger partial charge < -0.3 is 11.1 Å². The van der Waals surface area contributed by atoms with E-state index >= 15 is 0 Å². The molecule has 0 radical (unpaired) electrons. The van der Waals surface area contributed by atoms with Crippen LogP contribution in [0.3, 0.4) is 0 Å². The van der Waals surface area contributed by atoms with Gasteiger partial charge in [-0.3, -0.25) is 4.79 Å². The monoisotopic (exact) mass is 317 g/mol. The zero-order valence-corrected chi connectivity index (χ0v) is 13.1. The molecule has 2 rings (SSSR count). The number of aromatic nitrogens is 1. The van der Waals surface area contributed by atoms with Crippen LogP contribution in [0.2, 0.25) is 0 Å². The molecule has 1 aromatic carbocycles. The van der Waals surface area contributed by atoms with Crippen molar-refractivity contribution in [1.29, 1.82) is 0 Å². The van der Waals surface area contributed by atoms with Gasteiger partial charge in [0.1, 0.15) is 5.82 Å². The first kappa shape index (κ1) is 16.8. The third kappa shape index (κ3) is 3.26. The lowest BCUT2D eigenvalue weighted by molar-refractivity contribution is -0.118. The molecule has 3 N–H and O–H groups in total. The fraction of sp³-hybridized carbons (Fsp3) is 0.385. The Labute approximate surface area is 127 Å². The number of carbonyl (C=O) groups is 1. The minimum absolute atomic E-state index is 0. The van der Waals surface area contributed by atoms with Gasteiger partial charge in [-0.25, -0.2) is 9.37 Å². The highest BCUT2D eigenvalue weighted by Gasteiger charge is 2.19. The highest BCUT2D eigenvalue weighted by Crippen LogP contribution is 2.29. The van der Waals surface area contributed by atoms with E-state index in [1.54, 1.807) is 13.0 Å². The van der Waals surface area contributed by atoms with Crippen molar-refractivity contribution in [3.8, 4) is 0 Å². The number of hydrogen-bond donors (Lipinski definition) is 2. The van der Waals surface area contributed by atoms with E-state index in [9.17, 15) is 9.18 Å². The second-order valence-electron chi connectivity index (χ2n) is 4.80. The van der Waals surface area contributed by atoms with Crippen LogP contribution in [0, 0.1) is 18.7 Å². The van der Waals surface area contributed by atoms with Crippen LogP contribution < -0.4 is 11.1 Å². The summed E-state index contributed by atoms with van der Waals surface area (Å²) >= 11 is 1.31. The van der Waals surface area contributed by atoms with Crippen LogP contribution in [-0.2, 0) is 4.79 Å². The molecule has 20 heavy (non-hydrogen) atoms. The maximum absolute atomic E-state index is 13.4. The molecule has 0 bridgehead atoms. The van der Waals surface area contributed by atoms with Gasteiger partial charge in [0, 0.05) is 5.56 Å². The highest BCUT2D eigenvalue weighted by atomic mass is 35.5. The molecule has 1 heterocycles. The number of nitrogens with two attached hydrogens (primary N) is 1. The first-order valence-corrected chi connectivity index (χ1v) is 6.84. The third-order valence-electron chi connectivity index (χ3n) is 3.00. The largest absolute Gasteiger partial charge is 0.320 e. The van der Waals surface area contributed by atoms with Gasteiger partial charge >= 0.3 is 0 Å². The Morgan fingerprint density at radius 1 is 1.45 bits per heavy atom. The zero-order chi connectivity index (χ0) is 14.2. The molecular formula is C13H17ClFN3OS. The summed E-state index contributed by atoms with van der Waals surface area (Å²) in [5.41, 5.74) is 6.83. The van der Waals surface area contributed by atoms with Crippen LogP contribution in [0.25, 0.3) is 10.2 Å². The van der Waals surface area contributed by atoms with Crippen molar-refractivity contribution < 1.29 is 9.18 Å². The van der Waals surface area contributed by atoms with Crippen molar-refractivity contribution >= 4 is 45.0 Å². The van der Waals surface area contributed by atoms with Gasteiger partial charge in [-0.2, -0.15) is 0 Å². The van der Waals surface area contributed by atoms with Crippen LogP contribution >= 0.6 is 23.7 Å². The number of carbonyl (C=O) groups excluding carboxylic acids is 1. The lowest BCUT2D eigenvalue weighted by Gasteiger charge is -2.13. The van der Waals surface area contributed by atoms with E-state index in [1.807, 2.05) is 13.8 Å². The Morgan fingerprint density at radius 3 is 2.70 bits per heavy atom. The molecule has 0 aliphatic heterocycles. The Hall–Kier alpha value is -1.24. The van der Waals surface area contributed by atoms with Crippen molar-refractivity contribution in [3.05, 3.63) is 23.5 Å². The first-order chi connectivity index (χ1) is 8.90. The van der Waals surface area contributed by atoms with Gasteiger partial charge in [-0.15, -0.1) is 12.4 Å². The smallest absolute Gasteiger partial charge is 0.243 e. The molecule has 0 fully saturated rings. The number of hydrogen-bond acceptors (Lipinski definition) is 4. The predicted molar refractivity (Wildman–Crippen MR) is 83.0 cm³/mol. The Balaban J connectivity index is 0.00000200. The minimum atomic E-state index is -0.579. The molecule has 1 aromatic heterocycles. The second kappa shape index (κ2) is 6.47. The number of anilines is 1. The van der Waals surface area contributed by atoms with E-state index in [1.165, 1.54) is 17.4 Å². The van der Waals surface area contributed by atoms with Crippen LogP contribution in [0.1, 0.15) is 19.4 Å². The summed E-state index contributed by atoms with van der Waals surface area (Å²) < 4.78 is 14.3. The Morgan fingerprint density at radius 2 is 2.10 bits per heavy atom. The molecule has 2 aromatic rings. The third-order valence-corrected chi connectivity index (χ3v) is 3.94. The first-order valence-electron chi connectivity index (χ1n) is 6.02. The summed E-state index contributed by atoms with van der Waals surface area (Å²) in [4.78, 5) is 16.1. The highest BCUT2D eigenvalue weighted by molar-refractivity contribution is 7.22. The van der Waals surface area contributed by atoms with Gasteiger partial charge in [0.05, 0.1) is 16.3 Å². The van der Waals surface area contributed by atoms with Gasteiger partial charge in [-0.05, 0) is 25.0 Å². The molecule has 0 aliphatic carbocycles. The number of halogens is 2. The summed E-state index contributed by atoms with van der Waals surface area (Å²) in [6.45, 7) is 5.42. The number of rotatable bonds is 3. The van der Waals surface area contributed by atoms with Gasteiger partial charge in [-0.1, -0.05) is 25.2 Å². The molecule has 110 valence electrons. The van der Waals surface area contributed by atoms with E-state index in [0.717, 1.165) is 4.70 Å². The molecular weight excluding hydrogens is 301 g/mol. The lowest BCUT2D eigenvalue weighted by atomic mass is 10.1. The molecule has 7 heteroatoms. The average molecular weight is 318 g/mol. The number of amides is 1. The van der Waals surface area contributed by atoms with Crippen molar-refractivity contribution in [1.82, 2.24) is 4.98 Å². The number of thiazole rings is 1. The van der Waals surface area contributed by atoms with Crippen molar-refractivity contribution in [3.63, 3.8) is 0 Å². The van der Waals surface area contributed by atoms with Crippen LogP contribution in [0.15, 0.2) is 12.1 Å². The van der Waals surface area contributed by atoms with Gasteiger partial charge in [0.15, 0.2) is 5.13 Å². The molecule has 0 unspecified atom stereocenters. The summed E-state index contributed by atoms with van der Waals surface area (Å²) in [6, 6.07) is 2.49. The van der Waals surface area contributed by atoms with Gasteiger partial charge in [0.2, 0.25) is 5.91 Å². The molecule has 0 saturated carbocycles. The van der Waals surface area contributed by atoms with Crippen molar-refractivity contribution in [2.75, 3.05) is 5.32 Å². The van der Waals surface area contributed by atoms with Crippen LogP contribution in [-0.4, -0.2) is 16.9 Å². The fourth-order valence-corrected chi connectivity index (χ4v) is 2.57. The summed E-state index contributed by atoms with van der Waals surface area (Å²) in [5, 5.41) is 3.13. The number of nitrogens with one attached hydrogen (secondary N) is 1. The number of benzene rings is 1. The molecule has 0 saturated heterocycles.